The van der Waals surface area contributed by atoms with Crippen LogP contribution in [0.3, 0.4) is 0 Å². The number of hydrogen-bond donors (Lipinski definition) is 0. The van der Waals surface area contributed by atoms with Crippen molar-refractivity contribution in [3.8, 4) is 0 Å². The van der Waals surface area contributed by atoms with E-state index in [-0.39, 0.29) is 5.91 Å². The number of carbonyl (C=O) groups is 1. The van der Waals surface area contributed by atoms with Gasteiger partial charge in [0.2, 0.25) is 0 Å². The summed E-state index contributed by atoms with van der Waals surface area (Å²) >= 11 is 0. The van der Waals surface area contributed by atoms with Gasteiger partial charge in [-0.3, -0.25) is 9.78 Å². The summed E-state index contributed by atoms with van der Waals surface area (Å²) in [5.74, 6) is 0.122. The monoisotopic (exact) mass is 176 g/mol. The number of hydrogen-bond acceptors (Lipinski definition) is 2. The Kier molecular flexibility index (Phi) is 2.00. The number of nitrogens with zero attached hydrogens (tertiary/aromatic N) is 2. The minimum absolute atomic E-state index is 0.122. The highest BCUT2D eigenvalue weighted by atomic mass is 16.2. The van der Waals surface area contributed by atoms with E-state index in [1.807, 2.05) is 24.0 Å². The van der Waals surface area contributed by atoms with Crippen LogP contribution in [-0.2, 0) is 6.42 Å². The fourth-order valence-corrected chi connectivity index (χ4v) is 1.65. The fraction of sp³-hybridized carbons (Fsp3) is 0.400. The van der Waals surface area contributed by atoms with Crippen LogP contribution in [0.25, 0.3) is 0 Å². The summed E-state index contributed by atoms with van der Waals surface area (Å²) in [5, 5.41) is 0. The number of likely N-dealkylation sites (N-methyl/N-ethyl adjacent to an activating group) is 1. The number of amides is 1. The van der Waals surface area contributed by atoms with Gasteiger partial charge in [0.25, 0.3) is 5.91 Å². The largest absolute Gasteiger partial charge is 0.338 e. The molecule has 2 heterocycles. The Morgan fingerprint density at radius 2 is 2.46 bits per heavy atom. The van der Waals surface area contributed by atoms with Crippen molar-refractivity contribution in [1.82, 2.24) is 9.88 Å². The zero-order valence-electron chi connectivity index (χ0n) is 7.66. The van der Waals surface area contributed by atoms with Crippen LogP contribution < -0.4 is 0 Å². The Morgan fingerprint density at radius 3 is 3.23 bits per heavy atom. The normalized spacial score (nSPS) is 15.8. The number of rotatable bonds is 1. The Bertz CT molecular complexity index is 335. The minimum atomic E-state index is 0.122. The van der Waals surface area contributed by atoms with Crippen LogP contribution in [0.4, 0.5) is 0 Å². The molecule has 0 aliphatic carbocycles. The average Bonchev–Trinajstić information content (AvgIpc) is 2.19. The molecular formula is C10H12N2O. The quantitative estimate of drug-likeness (QED) is 0.642. The molecule has 1 amide bonds. The lowest BCUT2D eigenvalue weighted by Gasteiger charge is -2.26. The summed E-state index contributed by atoms with van der Waals surface area (Å²) in [4.78, 5) is 17.8. The van der Waals surface area contributed by atoms with Gasteiger partial charge in [-0.05, 0) is 19.1 Å². The van der Waals surface area contributed by atoms with E-state index in [2.05, 4.69) is 4.98 Å². The van der Waals surface area contributed by atoms with Crippen molar-refractivity contribution in [3.05, 3.63) is 29.6 Å². The summed E-state index contributed by atoms with van der Waals surface area (Å²) in [6.45, 7) is 3.59. The van der Waals surface area contributed by atoms with Gasteiger partial charge in [-0.25, -0.2) is 0 Å². The van der Waals surface area contributed by atoms with Gasteiger partial charge < -0.3 is 4.90 Å². The second-order valence-corrected chi connectivity index (χ2v) is 3.13. The first kappa shape index (κ1) is 8.23. The molecule has 0 saturated carbocycles. The molecule has 68 valence electrons. The summed E-state index contributed by atoms with van der Waals surface area (Å²) in [6, 6.07) is 3.67. The van der Waals surface area contributed by atoms with Gasteiger partial charge in [0.05, 0.1) is 11.3 Å². The molecule has 0 bridgehead atoms. The van der Waals surface area contributed by atoms with Crippen molar-refractivity contribution in [2.75, 3.05) is 13.1 Å². The molecule has 3 heteroatoms. The second-order valence-electron chi connectivity index (χ2n) is 3.13. The lowest BCUT2D eigenvalue weighted by molar-refractivity contribution is 0.0747. The van der Waals surface area contributed by atoms with Crippen molar-refractivity contribution in [2.45, 2.75) is 13.3 Å². The van der Waals surface area contributed by atoms with Crippen LogP contribution in [0.2, 0.25) is 0 Å². The third-order valence-electron chi connectivity index (χ3n) is 2.41. The molecular weight excluding hydrogens is 164 g/mol. The third-order valence-corrected chi connectivity index (χ3v) is 2.41. The van der Waals surface area contributed by atoms with Crippen LogP contribution in [0.15, 0.2) is 18.3 Å². The van der Waals surface area contributed by atoms with Gasteiger partial charge in [0, 0.05) is 25.7 Å². The molecule has 2 rings (SSSR count). The van der Waals surface area contributed by atoms with Crippen molar-refractivity contribution in [3.63, 3.8) is 0 Å². The first-order valence-electron chi connectivity index (χ1n) is 4.56. The molecule has 1 aromatic heterocycles. The predicted octanol–water partition coefficient (Wildman–Crippen LogP) is 1.10. The van der Waals surface area contributed by atoms with E-state index < -0.39 is 0 Å². The topological polar surface area (TPSA) is 33.2 Å². The van der Waals surface area contributed by atoms with E-state index in [1.165, 1.54) is 0 Å². The van der Waals surface area contributed by atoms with Crippen molar-refractivity contribution in [2.24, 2.45) is 0 Å². The number of fused-ring (bicyclic) bond motifs is 1. The Morgan fingerprint density at radius 1 is 1.62 bits per heavy atom. The molecule has 0 spiro atoms. The summed E-state index contributed by atoms with van der Waals surface area (Å²) in [5.41, 5.74) is 1.72. The molecule has 1 aliphatic rings. The number of carbonyl (C=O) groups excluding carboxylic acids is 1. The highest BCUT2D eigenvalue weighted by Crippen LogP contribution is 2.15. The highest BCUT2D eigenvalue weighted by molar-refractivity contribution is 5.96. The first-order valence-corrected chi connectivity index (χ1v) is 4.56. The van der Waals surface area contributed by atoms with Gasteiger partial charge in [0.15, 0.2) is 0 Å². The number of aromatic nitrogens is 1. The lowest BCUT2D eigenvalue weighted by atomic mass is 10.1. The van der Waals surface area contributed by atoms with Crippen LogP contribution in [0.1, 0.15) is 23.0 Å². The van der Waals surface area contributed by atoms with E-state index in [9.17, 15) is 4.79 Å². The van der Waals surface area contributed by atoms with Crippen LogP contribution in [-0.4, -0.2) is 28.9 Å². The Balaban J connectivity index is 2.39. The summed E-state index contributed by atoms with van der Waals surface area (Å²) in [7, 11) is 0. The smallest absolute Gasteiger partial charge is 0.255 e. The Hall–Kier alpha value is -1.38. The first-order chi connectivity index (χ1) is 6.33. The molecule has 0 atom stereocenters. The SMILES string of the molecule is CCN1CCc2ncccc2C1=O. The van der Waals surface area contributed by atoms with Gasteiger partial charge in [-0.1, -0.05) is 0 Å². The minimum Gasteiger partial charge on any atom is -0.338 e. The van der Waals surface area contributed by atoms with E-state index >= 15 is 0 Å². The van der Waals surface area contributed by atoms with Crippen LogP contribution >= 0.6 is 0 Å². The second kappa shape index (κ2) is 3.17. The molecule has 0 radical (unpaired) electrons. The molecule has 0 N–H and O–H groups in total. The van der Waals surface area contributed by atoms with Gasteiger partial charge >= 0.3 is 0 Å². The summed E-state index contributed by atoms with van der Waals surface area (Å²) in [6.07, 6.45) is 2.63. The zero-order valence-corrected chi connectivity index (χ0v) is 7.66. The van der Waals surface area contributed by atoms with E-state index in [0.717, 1.165) is 30.8 Å². The average molecular weight is 176 g/mol. The van der Waals surface area contributed by atoms with Gasteiger partial charge in [0.1, 0.15) is 0 Å². The van der Waals surface area contributed by atoms with Gasteiger partial charge in [-0.15, -0.1) is 0 Å². The Labute approximate surface area is 77.4 Å². The number of pyridine rings is 1. The maximum atomic E-state index is 11.7. The predicted molar refractivity (Wildman–Crippen MR) is 49.5 cm³/mol. The third kappa shape index (κ3) is 1.30. The summed E-state index contributed by atoms with van der Waals surface area (Å²) < 4.78 is 0. The molecule has 0 aromatic carbocycles. The molecule has 0 fully saturated rings. The van der Waals surface area contributed by atoms with Gasteiger partial charge in [-0.2, -0.15) is 0 Å². The van der Waals surface area contributed by atoms with E-state index in [4.69, 9.17) is 0 Å². The molecule has 3 nitrogen and oxygen atoms in total. The standard InChI is InChI=1S/C10H12N2O/c1-2-12-7-5-9-8(10(12)13)4-3-6-11-9/h3-4,6H,2,5,7H2,1H3. The van der Waals surface area contributed by atoms with Crippen molar-refractivity contribution >= 4 is 5.91 Å². The fourth-order valence-electron chi connectivity index (χ4n) is 1.65. The zero-order chi connectivity index (χ0) is 9.26. The van der Waals surface area contributed by atoms with Crippen molar-refractivity contribution in [1.29, 1.82) is 0 Å². The van der Waals surface area contributed by atoms with E-state index in [1.54, 1.807) is 6.20 Å². The maximum Gasteiger partial charge on any atom is 0.255 e. The highest BCUT2D eigenvalue weighted by Gasteiger charge is 2.22. The molecule has 1 aromatic rings. The van der Waals surface area contributed by atoms with Crippen molar-refractivity contribution < 1.29 is 4.79 Å². The molecule has 0 unspecified atom stereocenters. The molecule has 13 heavy (non-hydrogen) atoms. The van der Waals surface area contributed by atoms with Crippen LogP contribution in [0, 0.1) is 0 Å². The van der Waals surface area contributed by atoms with Crippen LogP contribution in [0.5, 0.6) is 0 Å². The lowest BCUT2D eigenvalue weighted by Crippen LogP contribution is -2.37. The maximum absolute atomic E-state index is 11.7. The molecule has 1 aliphatic heterocycles. The van der Waals surface area contributed by atoms with E-state index in [0.29, 0.717) is 0 Å². The molecule has 0 saturated heterocycles.